The number of fused-ring (bicyclic) bond motifs is 3. The Labute approximate surface area is 208 Å². The van der Waals surface area contributed by atoms with Crippen molar-refractivity contribution < 1.29 is 9.15 Å². The van der Waals surface area contributed by atoms with Crippen molar-refractivity contribution in [3.05, 3.63) is 71.4 Å². The minimum absolute atomic E-state index is 0.443. The molecule has 1 aliphatic rings. The Morgan fingerprint density at radius 1 is 0.971 bits per heavy atom. The molecule has 1 atom stereocenters. The van der Waals surface area contributed by atoms with Gasteiger partial charge in [-0.15, -0.1) is 10.2 Å². The minimum Gasteiger partial charge on any atom is -0.455 e. The number of benzene rings is 2. The number of ether oxygens (including phenoxy) is 1. The smallest absolute Gasteiger partial charge is 0.247 e. The molecule has 0 saturated carbocycles. The number of thioether (sulfide) groups is 1. The van der Waals surface area contributed by atoms with Gasteiger partial charge >= 0.3 is 0 Å². The lowest BCUT2D eigenvalue weighted by atomic mass is 10.1. The molecule has 1 N–H and O–H groups in total. The number of para-hydroxylation sites is 1. The molecule has 6 nitrogen and oxygen atoms in total. The van der Waals surface area contributed by atoms with E-state index in [9.17, 15) is 0 Å². The van der Waals surface area contributed by atoms with Crippen LogP contribution in [0.5, 0.6) is 5.88 Å². The summed E-state index contributed by atoms with van der Waals surface area (Å²) in [4.78, 5) is 4.71. The second-order valence-corrected chi connectivity index (χ2v) is 9.55. The van der Waals surface area contributed by atoms with E-state index in [2.05, 4.69) is 22.4 Å². The third-order valence-corrected chi connectivity index (χ3v) is 6.75. The zero-order valence-electron chi connectivity index (χ0n) is 18.8. The highest BCUT2D eigenvalue weighted by molar-refractivity contribution is 7.99. The van der Waals surface area contributed by atoms with E-state index in [1.165, 1.54) is 19.3 Å². The maximum absolute atomic E-state index is 6.33. The van der Waals surface area contributed by atoms with Crippen molar-refractivity contribution in [3.8, 4) is 28.5 Å². The molecule has 2 aromatic carbocycles. The van der Waals surface area contributed by atoms with Gasteiger partial charge in [0.15, 0.2) is 11.5 Å². The fraction of sp³-hybridized carbons (Fsp3) is 0.269. The highest BCUT2D eigenvalue weighted by Crippen LogP contribution is 2.40. The highest BCUT2D eigenvalue weighted by atomic mass is 35.5. The molecule has 3 heterocycles. The van der Waals surface area contributed by atoms with Crippen molar-refractivity contribution in [3.63, 3.8) is 0 Å². The minimum atomic E-state index is -0.567. The Morgan fingerprint density at radius 2 is 1.82 bits per heavy atom. The predicted octanol–water partition coefficient (Wildman–Crippen LogP) is 7.63. The fourth-order valence-corrected chi connectivity index (χ4v) is 4.70. The molecule has 0 unspecified atom stereocenters. The number of hydrogen-bond acceptors (Lipinski definition) is 7. The SMILES string of the molecule is CCCCCCSc1nnc2c(n1)O[C@H](c1ccc(-c3ccc(Cl)cc3)o1)Nc1ccccc1-2. The number of rotatable bonds is 8. The van der Waals surface area contributed by atoms with Crippen molar-refractivity contribution >= 4 is 29.1 Å². The number of anilines is 1. The number of hydrogen-bond donors (Lipinski definition) is 1. The van der Waals surface area contributed by atoms with Gasteiger partial charge in [-0.3, -0.25) is 0 Å². The first-order valence-electron chi connectivity index (χ1n) is 11.5. The molecule has 0 bridgehead atoms. The predicted molar refractivity (Wildman–Crippen MR) is 136 cm³/mol. The van der Waals surface area contributed by atoms with E-state index in [1.807, 2.05) is 60.7 Å². The lowest BCUT2D eigenvalue weighted by molar-refractivity contribution is 0.196. The summed E-state index contributed by atoms with van der Waals surface area (Å²) in [7, 11) is 0. The van der Waals surface area contributed by atoms with Gasteiger partial charge in [0.1, 0.15) is 5.76 Å². The van der Waals surface area contributed by atoms with Crippen molar-refractivity contribution in [2.75, 3.05) is 11.1 Å². The molecule has 4 aromatic rings. The second kappa shape index (κ2) is 10.5. The lowest BCUT2D eigenvalue weighted by Gasteiger charge is -2.16. The van der Waals surface area contributed by atoms with E-state index < -0.39 is 6.23 Å². The zero-order chi connectivity index (χ0) is 23.3. The van der Waals surface area contributed by atoms with Gasteiger partial charge in [-0.25, -0.2) is 0 Å². The second-order valence-electron chi connectivity index (χ2n) is 8.05. The fourth-order valence-electron chi connectivity index (χ4n) is 3.79. The van der Waals surface area contributed by atoms with Crippen LogP contribution in [0.3, 0.4) is 0 Å². The summed E-state index contributed by atoms with van der Waals surface area (Å²) in [5.74, 6) is 2.78. The number of nitrogens with one attached hydrogen (secondary N) is 1. The quantitative estimate of drug-likeness (QED) is 0.200. The molecule has 0 saturated heterocycles. The molecular formula is C26H25ClN4O2S. The summed E-state index contributed by atoms with van der Waals surface area (Å²) in [5.41, 5.74) is 3.33. The molecule has 0 radical (unpaired) electrons. The van der Waals surface area contributed by atoms with Gasteiger partial charge in [0, 0.05) is 27.6 Å². The Bertz CT molecular complexity index is 1260. The van der Waals surface area contributed by atoms with Crippen molar-refractivity contribution in [1.29, 1.82) is 0 Å². The number of unbranched alkanes of at least 4 members (excludes halogenated alkanes) is 3. The first-order valence-corrected chi connectivity index (χ1v) is 12.8. The van der Waals surface area contributed by atoms with E-state index >= 15 is 0 Å². The summed E-state index contributed by atoms with van der Waals surface area (Å²) in [6.45, 7) is 2.21. The first-order chi connectivity index (χ1) is 16.7. The van der Waals surface area contributed by atoms with Crippen LogP contribution >= 0.6 is 23.4 Å². The maximum Gasteiger partial charge on any atom is 0.247 e. The average molecular weight is 493 g/mol. The number of furan rings is 1. The Balaban J connectivity index is 1.42. The lowest BCUT2D eigenvalue weighted by Crippen LogP contribution is -2.16. The average Bonchev–Trinajstić information content (AvgIpc) is 3.29. The van der Waals surface area contributed by atoms with Gasteiger partial charge in [-0.2, -0.15) is 4.98 Å². The van der Waals surface area contributed by atoms with E-state index in [1.54, 1.807) is 11.8 Å². The van der Waals surface area contributed by atoms with Crippen LogP contribution in [0, 0.1) is 0 Å². The van der Waals surface area contributed by atoms with Gasteiger partial charge in [-0.05, 0) is 48.9 Å². The standard InChI is InChI=1S/C26H25ClN4O2S/c1-2-3-4-7-16-34-26-29-25-23(30-31-26)19-8-5-6-9-20(19)28-24(33-25)22-15-14-21(32-22)17-10-12-18(27)13-11-17/h5-6,8-15,24,28H,2-4,7,16H2,1H3/t24-/m1/s1. The highest BCUT2D eigenvalue weighted by Gasteiger charge is 2.28. The van der Waals surface area contributed by atoms with E-state index in [0.717, 1.165) is 34.7 Å². The van der Waals surface area contributed by atoms with Gasteiger partial charge in [0.05, 0.1) is 0 Å². The first kappa shape index (κ1) is 22.7. The van der Waals surface area contributed by atoms with E-state index in [4.69, 9.17) is 25.7 Å². The van der Waals surface area contributed by atoms with Crippen LogP contribution in [0.2, 0.25) is 5.02 Å². The maximum atomic E-state index is 6.33. The molecule has 174 valence electrons. The molecule has 0 fully saturated rings. The molecular weight excluding hydrogens is 468 g/mol. The third-order valence-electron chi connectivity index (χ3n) is 5.58. The zero-order valence-corrected chi connectivity index (χ0v) is 20.4. The molecule has 8 heteroatoms. The van der Waals surface area contributed by atoms with Crippen LogP contribution in [0.4, 0.5) is 5.69 Å². The van der Waals surface area contributed by atoms with Crippen LogP contribution in [-0.2, 0) is 0 Å². The Hall–Kier alpha value is -3.03. The summed E-state index contributed by atoms with van der Waals surface area (Å²) in [6.07, 6.45) is 4.25. The molecule has 0 spiro atoms. The van der Waals surface area contributed by atoms with E-state index in [-0.39, 0.29) is 0 Å². The Morgan fingerprint density at radius 3 is 2.68 bits per heavy atom. The number of aromatic nitrogens is 3. The topological polar surface area (TPSA) is 73.1 Å². The largest absolute Gasteiger partial charge is 0.455 e. The number of nitrogens with zero attached hydrogens (tertiary/aromatic N) is 3. The number of halogens is 1. The summed E-state index contributed by atoms with van der Waals surface area (Å²) >= 11 is 7.64. The molecule has 2 aromatic heterocycles. The molecule has 0 aliphatic carbocycles. The van der Waals surface area contributed by atoms with Gasteiger partial charge < -0.3 is 14.5 Å². The summed E-state index contributed by atoms with van der Waals surface area (Å²) < 4.78 is 12.5. The van der Waals surface area contributed by atoms with Gasteiger partial charge in [-0.1, -0.05) is 67.7 Å². The van der Waals surface area contributed by atoms with Crippen LogP contribution < -0.4 is 10.1 Å². The van der Waals surface area contributed by atoms with Crippen molar-refractivity contribution in [2.24, 2.45) is 0 Å². The van der Waals surface area contributed by atoms with Crippen LogP contribution in [0.1, 0.15) is 44.6 Å². The molecule has 0 amide bonds. The molecule has 34 heavy (non-hydrogen) atoms. The molecule has 1 aliphatic heterocycles. The van der Waals surface area contributed by atoms with Gasteiger partial charge in [0.2, 0.25) is 17.3 Å². The summed E-state index contributed by atoms with van der Waals surface area (Å²) in [6, 6.07) is 19.3. The van der Waals surface area contributed by atoms with Crippen LogP contribution in [0.15, 0.2) is 70.2 Å². The molecule has 5 rings (SSSR count). The van der Waals surface area contributed by atoms with Crippen molar-refractivity contribution in [2.45, 2.75) is 44.0 Å². The van der Waals surface area contributed by atoms with Crippen molar-refractivity contribution in [1.82, 2.24) is 15.2 Å². The van der Waals surface area contributed by atoms with Crippen LogP contribution in [-0.4, -0.2) is 20.9 Å². The normalized spacial score (nSPS) is 14.5. The van der Waals surface area contributed by atoms with Gasteiger partial charge in [0.25, 0.3) is 0 Å². The Kier molecular flexibility index (Phi) is 7.02. The third kappa shape index (κ3) is 5.05. The monoisotopic (exact) mass is 492 g/mol. The summed E-state index contributed by atoms with van der Waals surface area (Å²) in [5, 5.41) is 13.6. The van der Waals surface area contributed by atoms with Crippen LogP contribution in [0.25, 0.3) is 22.6 Å². The van der Waals surface area contributed by atoms with E-state index in [0.29, 0.717) is 27.5 Å².